The quantitative estimate of drug-likeness (QED) is 0.751. The van der Waals surface area contributed by atoms with Gasteiger partial charge in [-0.05, 0) is 44.4 Å². The lowest BCUT2D eigenvalue weighted by molar-refractivity contribution is 0.134. The molecule has 3 rings (SSSR count). The van der Waals surface area contributed by atoms with Crippen LogP contribution in [0.2, 0.25) is 0 Å². The third-order valence-corrected chi connectivity index (χ3v) is 4.42. The average Bonchev–Trinajstić information content (AvgIpc) is 2.99. The van der Waals surface area contributed by atoms with Crippen molar-refractivity contribution in [2.75, 3.05) is 26.5 Å². The molecule has 0 aliphatic carbocycles. The van der Waals surface area contributed by atoms with E-state index in [1.165, 1.54) is 32.2 Å². The minimum absolute atomic E-state index is 0.312. The molecule has 0 amide bonds. The van der Waals surface area contributed by atoms with Gasteiger partial charge in [-0.15, -0.1) is 0 Å². The summed E-state index contributed by atoms with van der Waals surface area (Å²) in [6, 6.07) is 6.56. The molecule has 21 heavy (non-hydrogen) atoms. The van der Waals surface area contributed by atoms with Gasteiger partial charge in [0, 0.05) is 18.7 Å². The zero-order valence-electron chi connectivity index (χ0n) is 12.8. The number of hydrogen-bond acceptors (Lipinski definition) is 4. The Kier molecular flexibility index (Phi) is 4.86. The van der Waals surface area contributed by atoms with Crippen molar-refractivity contribution in [1.82, 2.24) is 4.90 Å². The Balaban J connectivity index is 1.41. The van der Waals surface area contributed by atoms with Crippen molar-refractivity contribution in [3.63, 3.8) is 0 Å². The van der Waals surface area contributed by atoms with E-state index in [1.807, 2.05) is 18.2 Å². The number of benzene rings is 1. The number of rotatable bonds is 6. The van der Waals surface area contributed by atoms with Gasteiger partial charge in [0.25, 0.3) is 0 Å². The molecule has 1 atom stereocenters. The van der Waals surface area contributed by atoms with E-state index in [0.717, 1.165) is 42.9 Å². The van der Waals surface area contributed by atoms with Crippen LogP contribution in [0.1, 0.15) is 39.0 Å². The molecule has 2 aliphatic rings. The van der Waals surface area contributed by atoms with Crippen LogP contribution in [0.25, 0.3) is 0 Å². The van der Waals surface area contributed by atoms with E-state index in [0.29, 0.717) is 6.79 Å². The molecule has 116 valence electrons. The zero-order valence-corrected chi connectivity index (χ0v) is 12.8. The van der Waals surface area contributed by atoms with Crippen LogP contribution < -0.4 is 14.2 Å². The van der Waals surface area contributed by atoms with E-state index in [2.05, 4.69) is 11.8 Å². The molecule has 1 aromatic carbocycles. The molecule has 4 nitrogen and oxygen atoms in total. The van der Waals surface area contributed by atoms with Crippen molar-refractivity contribution in [3.8, 4) is 17.2 Å². The summed E-state index contributed by atoms with van der Waals surface area (Å²) in [5.41, 5.74) is 0. The Morgan fingerprint density at radius 2 is 2.14 bits per heavy atom. The third-order valence-electron chi connectivity index (χ3n) is 4.42. The predicted molar refractivity (Wildman–Crippen MR) is 82.2 cm³/mol. The summed E-state index contributed by atoms with van der Waals surface area (Å²) in [4.78, 5) is 2.63. The maximum atomic E-state index is 5.83. The molecule has 0 spiro atoms. The lowest BCUT2D eigenvalue weighted by Crippen LogP contribution is -2.40. The van der Waals surface area contributed by atoms with Gasteiger partial charge in [0.2, 0.25) is 6.79 Å². The topological polar surface area (TPSA) is 30.9 Å². The molecule has 4 heteroatoms. The fourth-order valence-electron chi connectivity index (χ4n) is 3.24. The predicted octanol–water partition coefficient (Wildman–Crippen LogP) is 3.45. The SMILES string of the molecule is CC[C@H]1CCCCN1CCCOc1ccc2c(c1)OCO2. The zero-order chi connectivity index (χ0) is 14.5. The molecule has 0 bridgehead atoms. The summed E-state index contributed by atoms with van der Waals surface area (Å²) >= 11 is 0. The number of fused-ring (bicyclic) bond motifs is 1. The molecule has 2 aliphatic heterocycles. The summed E-state index contributed by atoms with van der Waals surface area (Å²) in [7, 11) is 0. The van der Waals surface area contributed by atoms with Crippen LogP contribution in [0.5, 0.6) is 17.2 Å². The van der Waals surface area contributed by atoms with E-state index in [4.69, 9.17) is 14.2 Å². The molecular weight excluding hydrogens is 266 g/mol. The molecular formula is C17H25NO3. The molecule has 1 saturated heterocycles. The Morgan fingerprint density at radius 3 is 3.05 bits per heavy atom. The molecule has 0 radical (unpaired) electrons. The lowest BCUT2D eigenvalue weighted by Gasteiger charge is -2.35. The van der Waals surface area contributed by atoms with Crippen LogP contribution in [-0.4, -0.2) is 37.4 Å². The van der Waals surface area contributed by atoms with Crippen LogP contribution in [0.3, 0.4) is 0 Å². The minimum atomic E-state index is 0.312. The monoisotopic (exact) mass is 291 g/mol. The highest BCUT2D eigenvalue weighted by atomic mass is 16.7. The lowest BCUT2D eigenvalue weighted by atomic mass is 10.00. The first-order valence-electron chi connectivity index (χ1n) is 8.13. The summed E-state index contributed by atoms with van der Waals surface area (Å²) in [5.74, 6) is 2.46. The highest BCUT2D eigenvalue weighted by Gasteiger charge is 2.20. The molecule has 1 aromatic rings. The van der Waals surface area contributed by atoms with E-state index >= 15 is 0 Å². The highest BCUT2D eigenvalue weighted by Crippen LogP contribution is 2.35. The van der Waals surface area contributed by atoms with Crippen molar-refractivity contribution in [3.05, 3.63) is 18.2 Å². The number of likely N-dealkylation sites (tertiary alicyclic amines) is 1. The van der Waals surface area contributed by atoms with E-state index in [1.54, 1.807) is 0 Å². The summed E-state index contributed by atoms with van der Waals surface area (Å²) in [6.45, 7) is 5.76. The van der Waals surface area contributed by atoms with Gasteiger partial charge in [0.05, 0.1) is 6.61 Å². The van der Waals surface area contributed by atoms with Gasteiger partial charge < -0.3 is 19.1 Å². The molecule has 0 N–H and O–H groups in total. The second-order valence-electron chi connectivity index (χ2n) is 5.81. The van der Waals surface area contributed by atoms with E-state index in [9.17, 15) is 0 Å². The van der Waals surface area contributed by atoms with Crippen LogP contribution >= 0.6 is 0 Å². The van der Waals surface area contributed by atoms with Crippen molar-refractivity contribution in [2.24, 2.45) is 0 Å². The summed E-state index contributed by atoms with van der Waals surface area (Å²) in [6.07, 6.45) is 6.44. The van der Waals surface area contributed by atoms with Gasteiger partial charge in [0.15, 0.2) is 11.5 Å². The smallest absolute Gasteiger partial charge is 0.231 e. The maximum Gasteiger partial charge on any atom is 0.231 e. The van der Waals surface area contributed by atoms with Gasteiger partial charge in [-0.25, -0.2) is 0 Å². The maximum absolute atomic E-state index is 5.83. The van der Waals surface area contributed by atoms with Crippen LogP contribution in [0.4, 0.5) is 0 Å². The molecule has 0 unspecified atom stereocenters. The second kappa shape index (κ2) is 7.03. The van der Waals surface area contributed by atoms with Gasteiger partial charge >= 0.3 is 0 Å². The van der Waals surface area contributed by atoms with Crippen molar-refractivity contribution >= 4 is 0 Å². The van der Waals surface area contributed by atoms with E-state index in [-0.39, 0.29) is 0 Å². The van der Waals surface area contributed by atoms with Crippen molar-refractivity contribution in [1.29, 1.82) is 0 Å². The average molecular weight is 291 g/mol. The Bertz CT molecular complexity index is 463. The van der Waals surface area contributed by atoms with Crippen molar-refractivity contribution in [2.45, 2.75) is 45.1 Å². The number of piperidine rings is 1. The first-order valence-corrected chi connectivity index (χ1v) is 8.13. The summed E-state index contributed by atoms with van der Waals surface area (Å²) < 4.78 is 16.5. The third kappa shape index (κ3) is 3.62. The standard InChI is InChI=1S/C17H25NO3/c1-2-14-6-3-4-9-18(14)10-5-11-19-15-7-8-16-17(12-15)21-13-20-16/h7-8,12,14H,2-6,9-11,13H2,1H3/t14-/m0/s1. The number of ether oxygens (including phenoxy) is 3. The molecule has 1 fully saturated rings. The molecule has 0 saturated carbocycles. The van der Waals surface area contributed by atoms with Gasteiger partial charge in [-0.1, -0.05) is 13.3 Å². The Labute approximate surface area is 127 Å². The Morgan fingerprint density at radius 1 is 1.24 bits per heavy atom. The first kappa shape index (κ1) is 14.5. The second-order valence-corrected chi connectivity index (χ2v) is 5.81. The Hall–Kier alpha value is -1.42. The number of hydrogen-bond donors (Lipinski definition) is 0. The van der Waals surface area contributed by atoms with Gasteiger partial charge in [-0.2, -0.15) is 0 Å². The highest BCUT2D eigenvalue weighted by molar-refractivity contribution is 5.46. The molecule has 2 heterocycles. The van der Waals surface area contributed by atoms with Gasteiger partial charge in [0.1, 0.15) is 5.75 Å². The largest absolute Gasteiger partial charge is 0.493 e. The van der Waals surface area contributed by atoms with Crippen LogP contribution in [0, 0.1) is 0 Å². The van der Waals surface area contributed by atoms with Crippen LogP contribution in [-0.2, 0) is 0 Å². The minimum Gasteiger partial charge on any atom is -0.493 e. The number of nitrogens with zero attached hydrogens (tertiary/aromatic N) is 1. The normalized spacial score (nSPS) is 21.5. The molecule has 0 aromatic heterocycles. The fourth-order valence-corrected chi connectivity index (χ4v) is 3.24. The fraction of sp³-hybridized carbons (Fsp3) is 0.647. The summed E-state index contributed by atoms with van der Waals surface area (Å²) in [5, 5.41) is 0. The van der Waals surface area contributed by atoms with Gasteiger partial charge in [-0.3, -0.25) is 0 Å². The van der Waals surface area contributed by atoms with Crippen LogP contribution in [0.15, 0.2) is 18.2 Å². The van der Waals surface area contributed by atoms with E-state index < -0.39 is 0 Å². The van der Waals surface area contributed by atoms with Crippen molar-refractivity contribution < 1.29 is 14.2 Å². The first-order chi connectivity index (χ1) is 10.4.